The number of carbonyl (C=O) groups excluding carboxylic acids is 1. The second-order valence-electron chi connectivity index (χ2n) is 10.5. The number of carboxylic acid groups (broad SMARTS) is 1. The summed E-state index contributed by atoms with van der Waals surface area (Å²) >= 11 is 0. The van der Waals surface area contributed by atoms with Crippen molar-refractivity contribution in [1.82, 2.24) is 9.47 Å². The van der Waals surface area contributed by atoms with Crippen molar-refractivity contribution in [3.63, 3.8) is 0 Å². The summed E-state index contributed by atoms with van der Waals surface area (Å²) in [4.78, 5) is 27.2. The van der Waals surface area contributed by atoms with Crippen molar-refractivity contribution in [3.8, 4) is 0 Å². The van der Waals surface area contributed by atoms with Gasteiger partial charge in [0.05, 0.1) is 0 Å². The lowest BCUT2D eigenvalue weighted by atomic mass is 9.92. The maximum absolute atomic E-state index is 13.6. The fourth-order valence-electron chi connectivity index (χ4n) is 5.21. The molecule has 5 nitrogen and oxygen atoms in total. The minimum Gasteiger partial charge on any atom is -0.480 e. The fraction of sp³-hybridized carbons (Fsp3) is 0.562. The third kappa shape index (κ3) is 7.15. The van der Waals surface area contributed by atoms with Gasteiger partial charge in [0.1, 0.15) is 5.54 Å². The highest BCUT2D eigenvalue weighted by Crippen LogP contribution is 2.31. The first kappa shape index (κ1) is 30.4. The van der Waals surface area contributed by atoms with E-state index in [0.717, 1.165) is 57.0 Å². The average molecular weight is 509 g/mol. The lowest BCUT2D eigenvalue weighted by Crippen LogP contribution is -2.53. The number of carboxylic acids is 1. The number of aliphatic carboxylic acids is 1. The van der Waals surface area contributed by atoms with Crippen LogP contribution in [0.3, 0.4) is 0 Å². The number of likely N-dealkylation sites (N-methyl/N-ethyl adjacent to an activating group) is 1. The lowest BCUT2D eigenvalue weighted by Gasteiger charge is -2.35. The van der Waals surface area contributed by atoms with Crippen molar-refractivity contribution in [2.45, 2.75) is 105 Å². The molecule has 0 aliphatic heterocycles. The molecular weight excluding hydrogens is 460 g/mol. The number of aromatic nitrogens is 1. The normalized spacial score (nSPS) is 14.5. The van der Waals surface area contributed by atoms with Crippen molar-refractivity contribution in [3.05, 3.63) is 59.3 Å². The number of carbonyl (C=O) groups is 2. The number of hydrogen-bond acceptors (Lipinski definition) is 2. The first-order valence-corrected chi connectivity index (χ1v) is 14.1. The predicted octanol–water partition coefficient (Wildman–Crippen LogP) is 7.81. The molecule has 37 heavy (non-hydrogen) atoms. The van der Waals surface area contributed by atoms with Crippen LogP contribution in [-0.2, 0) is 24.2 Å². The van der Waals surface area contributed by atoms with Gasteiger partial charge in [-0.3, -0.25) is 4.79 Å². The number of nitrogens with zero attached hydrogens (tertiary/aromatic N) is 2. The summed E-state index contributed by atoms with van der Waals surface area (Å²) in [5, 5.41) is 11.2. The largest absolute Gasteiger partial charge is 0.480 e. The van der Waals surface area contributed by atoms with Crippen molar-refractivity contribution in [2.24, 2.45) is 5.92 Å². The Labute approximate surface area is 224 Å². The SMILES string of the molecule is C/C=C\Cc1c(CCC)c2ccc(C(=O)N(C)C(C)(CCCC)C(=O)O)cc2n1CCCC(C)/C=C\C. The van der Waals surface area contributed by atoms with Crippen molar-refractivity contribution < 1.29 is 14.7 Å². The van der Waals surface area contributed by atoms with Crippen LogP contribution in [0.2, 0.25) is 0 Å². The molecule has 1 aromatic heterocycles. The Hall–Kier alpha value is -2.82. The van der Waals surface area contributed by atoms with E-state index in [2.05, 4.69) is 62.6 Å². The Kier molecular flexibility index (Phi) is 11.7. The molecule has 5 heteroatoms. The Morgan fingerprint density at radius 3 is 2.46 bits per heavy atom. The van der Waals surface area contributed by atoms with Crippen LogP contribution in [0.15, 0.2) is 42.5 Å². The molecule has 0 aliphatic rings. The summed E-state index contributed by atoms with van der Waals surface area (Å²) in [7, 11) is 1.62. The fourth-order valence-corrected chi connectivity index (χ4v) is 5.21. The zero-order chi connectivity index (χ0) is 27.6. The Morgan fingerprint density at radius 2 is 1.86 bits per heavy atom. The average Bonchev–Trinajstić information content (AvgIpc) is 3.16. The zero-order valence-corrected chi connectivity index (χ0v) is 24.1. The van der Waals surface area contributed by atoms with Crippen molar-refractivity contribution >= 4 is 22.8 Å². The lowest BCUT2D eigenvalue weighted by molar-refractivity contribution is -0.148. The molecule has 1 aromatic carbocycles. The van der Waals surface area contributed by atoms with E-state index in [1.807, 2.05) is 19.1 Å². The van der Waals surface area contributed by atoms with Crippen LogP contribution in [0.5, 0.6) is 0 Å². The van der Waals surface area contributed by atoms with Gasteiger partial charge in [0.15, 0.2) is 0 Å². The summed E-state index contributed by atoms with van der Waals surface area (Å²) < 4.78 is 2.41. The van der Waals surface area contributed by atoms with E-state index >= 15 is 0 Å². The van der Waals surface area contributed by atoms with E-state index in [1.54, 1.807) is 14.0 Å². The van der Waals surface area contributed by atoms with Crippen LogP contribution < -0.4 is 0 Å². The molecule has 204 valence electrons. The van der Waals surface area contributed by atoms with Gasteiger partial charge >= 0.3 is 5.97 Å². The van der Waals surface area contributed by atoms with E-state index < -0.39 is 11.5 Å². The monoisotopic (exact) mass is 508 g/mol. The first-order chi connectivity index (χ1) is 17.7. The number of unbranched alkanes of at least 4 members (excludes halogenated alkanes) is 1. The van der Waals surface area contributed by atoms with E-state index in [-0.39, 0.29) is 5.91 Å². The summed E-state index contributed by atoms with van der Waals surface area (Å²) in [6.45, 7) is 13.2. The molecule has 1 heterocycles. The number of allylic oxidation sites excluding steroid dienone is 4. The molecule has 1 N–H and O–H groups in total. The number of aryl methyl sites for hydroxylation is 2. The highest BCUT2D eigenvalue weighted by Gasteiger charge is 2.40. The van der Waals surface area contributed by atoms with Crippen LogP contribution in [0.1, 0.15) is 102 Å². The minimum atomic E-state index is -1.24. The number of hydrogen-bond donors (Lipinski definition) is 1. The highest BCUT2D eigenvalue weighted by atomic mass is 16.4. The molecule has 1 amide bonds. The zero-order valence-electron chi connectivity index (χ0n) is 24.1. The topological polar surface area (TPSA) is 62.5 Å². The van der Waals surface area contributed by atoms with Gasteiger partial charge in [-0.05, 0) is 70.1 Å². The van der Waals surface area contributed by atoms with Gasteiger partial charge in [-0.15, -0.1) is 0 Å². The molecule has 0 aliphatic carbocycles. The van der Waals surface area contributed by atoms with Crippen molar-refractivity contribution in [1.29, 1.82) is 0 Å². The molecule has 2 aromatic rings. The van der Waals surface area contributed by atoms with Crippen LogP contribution in [0.25, 0.3) is 10.9 Å². The second kappa shape index (κ2) is 14.2. The molecule has 0 saturated heterocycles. The van der Waals surface area contributed by atoms with Gasteiger partial charge in [0.2, 0.25) is 0 Å². The van der Waals surface area contributed by atoms with Gasteiger partial charge in [0.25, 0.3) is 5.91 Å². The minimum absolute atomic E-state index is 0.246. The maximum atomic E-state index is 13.6. The quantitative estimate of drug-likeness (QED) is 0.250. The molecule has 0 bridgehead atoms. The third-order valence-electron chi connectivity index (χ3n) is 7.67. The summed E-state index contributed by atoms with van der Waals surface area (Å²) in [5.74, 6) is -0.677. The summed E-state index contributed by atoms with van der Waals surface area (Å²) in [5.41, 5.74) is 3.07. The molecule has 0 saturated carbocycles. The number of rotatable bonds is 15. The number of benzene rings is 1. The van der Waals surface area contributed by atoms with Gasteiger partial charge in [-0.2, -0.15) is 0 Å². The first-order valence-electron chi connectivity index (χ1n) is 14.1. The molecule has 2 unspecified atom stereocenters. The summed E-state index contributed by atoms with van der Waals surface area (Å²) in [6.07, 6.45) is 15.8. The van der Waals surface area contributed by atoms with E-state index in [1.165, 1.54) is 21.5 Å². The van der Waals surface area contributed by atoms with Gasteiger partial charge in [0, 0.05) is 42.2 Å². The maximum Gasteiger partial charge on any atom is 0.329 e. The number of amides is 1. The van der Waals surface area contributed by atoms with Crippen LogP contribution in [0, 0.1) is 5.92 Å². The standard InChI is InChI=1S/C32H48N2O3/c1-8-12-18-28-26(16-11-4)27-20-19-25(23-29(27)34(28)22-14-17-24(5)15-10-3)30(35)33(7)32(6,31(36)37)21-13-9-2/h8,10,12,15,19-20,23-24H,9,11,13-14,16-18,21-22H2,1-7H3,(H,36,37)/b12-8-,15-10-. The third-order valence-corrected chi connectivity index (χ3v) is 7.67. The Balaban J connectivity index is 2.57. The van der Waals surface area contributed by atoms with E-state index in [9.17, 15) is 14.7 Å². The predicted molar refractivity (Wildman–Crippen MR) is 155 cm³/mol. The Bertz CT molecular complexity index is 1110. The van der Waals surface area contributed by atoms with E-state index in [0.29, 0.717) is 17.9 Å². The van der Waals surface area contributed by atoms with Crippen LogP contribution in [0.4, 0.5) is 0 Å². The molecule has 2 atom stereocenters. The number of fused-ring (bicyclic) bond motifs is 1. The van der Waals surface area contributed by atoms with Crippen LogP contribution in [-0.4, -0.2) is 39.0 Å². The van der Waals surface area contributed by atoms with Crippen molar-refractivity contribution in [2.75, 3.05) is 7.05 Å². The van der Waals surface area contributed by atoms with E-state index in [4.69, 9.17) is 0 Å². The van der Waals surface area contributed by atoms with Gasteiger partial charge in [-0.25, -0.2) is 4.79 Å². The molecule has 2 rings (SSSR count). The molecular formula is C32H48N2O3. The highest BCUT2D eigenvalue weighted by molar-refractivity contribution is 6.01. The summed E-state index contributed by atoms with van der Waals surface area (Å²) in [6, 6.07) is 5.94. The second-order valence-corrected chi connectivity index (χ2v) is 10.5. The molecule has 0 spiro atoms. The molecule has 0 fully saturated rings. The Morgan fingerprint density at radius 1 is 1.14 bits per heavy atom. The molecule has 0 radical (unpaired) electrons. The smallest absolute Gasteiger partial charge is 0.329 e. The van der Waals surface area contributed by atoms with Gasteiger partial charge in [-0.1, -0.05) is 70.4 Å². The van der Waals surface area contributed by atoms with Gasteiger partial charge < -0.3 is 14.6 Å². The van der Waals surface area contributed by atoms with Crippen LogP contribution >= 0.6 is 0 Å².